The van der Waals surface area contributed by atoms with Crippen LogP contribution in [-0.2, 0) is 15.0 Å². The molecule has 0 unspecified atom stereocenters. The van der Waals surface area contributed by atoms with Crippen molar-refractivity contribution in [1.82, 2.24) is 10.0 Å². The van der Waals surface area contributed by atoms with Crippen molar-refractivity contribution in [3.05, 3.63) is 65.0 Å². The molecule has 144 valence electrons. The van der Waals surface area contributed by atoms with Gasteiger partial charge < -0.3 is 9.25 Å². The summed E-state index contributed by atoms with van der Waals surface area (Å²) in [5.74, 6) is -1.10. The van der Waals surface area contributed by atoms with Gasteiger partial charge in [-0.15, -0.1) is 0 Å². The number of oxazole rings is 1. The van der Waals surface area contributed by atoms with Gasteiger partial charge in [0, 0.05) is 0 Å². The van der Waals surface area contributed by atoms with Crippen molar-refractivity contribution in [2.75, 3.05) is 0 Å². The Balaban J connectivity index is 1.19. The van der Waals surface area contributed by atoms with Crippen LogP contribution in [0.5, 0.6) is 0 Å². The average Bonchev–Trinajstić information content (AvgIpc) is 3.14. The molecule has 3 saturated carbocycles. The zero-order valence-electron chi connectivity index (χ0n) is 15.6. The van der Waals surface area contributed by atoms with Gasteiger partial charge in [0.2, 0.25) is 5.89 Å². The van der Waals surface area contributed by atoms with Crippen molar-refractivity contribution in [2.45, 2.75) is 31.6 Å². The highest BCUT2D eigenvalue weighted by Crippen LogP contribution is 2.74. The van der Waals surface area contributed by atoms with Gasteiger partial charge in [-0.05, 0) is 56.0 Å². The highest BCUT2D eigenvalue weighted by atomic mass is 16.7. The first-order valence-electron chi connectivity index (χ1n) is 9.49. The number of hydroxylamine groups is 2. The van der Waals surface area contributed by atoms with Crippen molar-refractivity contribution < 1.29 is 23.6 Å². The molecule has 3 aliphatic carbocycles. The molecule has 0 N–H and O–H groups in total. The Morgan fingerprint density at radius 3 is 2.38 bits per heavy atom. The summed E-state index contributed by atoms with van der Waals surface area (Å²) in [6, 6.07) is 12.3. The van der Waals surface area contributed by atoms with E-state index in [0.29, 0.717) is 30.2 Å². The molecule has 3 fully saturated rings. The van der Waals surface area contributed by atoms with Crippen LogP contribution in [0.4, 0.5) is 0 Å². The molecule has 0 radical (unpaired) electrons. The van der Waals surface area contributed by atoms with Crippen LogP contribution in [0.2, 0.25) is 0 Å². The van der Waals surface area contributed by atoms with Crippen LogP contribution in [0.1, 0.15) is 51.4 Å². The molecule has 7 rings (SSSR count). The van der Waals surface area contributed by atoms with Gasteiger partial charge in [-0.1, -0.05) is 23.3 Å². The molecule has 2 amide bonds. The molecule has 7 nitrogen and oxygen atoms in total. The topological polar surface area (TPSA) is 89.7 Å². The molecule has 2 heterocycles. The zero-order chi connectivity index (χ0) is 20.0. The third-order valence-electron chi connectivity index (χ3n) is 6.39. The van der Waals surface area contributed by atoms with Gasteiger partial charge in [-0.2, -0.15) is 0 Å². The van der Waals surface area contributed by atoms with E-state index >= 15 is 0 Å². The summed E-state index contributed by atoms with van der Waals surface area (Å²) in [5, 5.41) is 0.586. The van der Waals surface area contributed by atoms with Gasteiger partial charge in [0.1, 0.15) is 5.52 Å². The smallest absolute Gasteiger partial charge is 0.339 e. The van der Waals surface area contributed by atoms with E-state index < -0.39 is 23.2 Å². The SMILES string of the molecule is Cc1ccc2nc(C34CC(C(=O)ON5C(=O)c6ccccc6C5=O)(C3)C4)oc2c1. The normalized spacial score (nSPS) is 26.9. The lowest BCUT2D eigenvalue weighted by Crippen LogP contribution is -2.69. The molecule has 2 aromatic carbocycles. The number of hydrogen-bond donors (Lipinski definition) is 0. The van der Waals surface area contributed by atoms with Crippen LogP contribution in [0.25, 0.3) is 11.1 Å². The molecule has 7 heteroatoms. The van der Waals surface area contributed by atoms with Gasteiger partial charge in [-0.25, -0.2) is 9.78 Å². The summed E-state index contributed by atoms with van der Waals surface area (Å²) in [6.45, 7) is 1.99. The molecule has 3 aromatic rings. The van der Waals surface area contributed by atoms with E-state index in [4.69, 9.17) is 9.25 Å². The minimum Gasteiger partial charge on any atom is -0.440 e. The van der Waals surface area contributed by atoms with Crippen molar-refractivity contribution in [2.24, 2.45) is 5.41 Å². The molecule has 29 heavy (non-hydrogen) atoms. The Morgan fingerprint density at radius 1 is 1.07 bits per heavy atom. The molecule has 1 aliphatic heterocycles. The Hall–Kier alpha value is -3.48. The largest absolute Gasteiger partial charge is 0.440 e. The number of aryl methyl sites for hydroxylation is 1. The summed E-state index contributed by atoms with van der Waals surface area (Å²) < 4.78 is 5.95. The first-order chi connectivity index (χ1) is 13.9. The lowest BCUT2D eigenvalue weighted by atomic mass is 9.35. The van der Waals surface area contributed by atoms with E-state index in [-0.39, 0.29) is 16.5 Å². The maximum absolute atomic E-state index is 12.8. The Kier molecular flexibility index (Phi) is 2.90. The molecule has 2 bridgehead atoms. The molecule has 0 spiro atoms. The second-order valence-corrected chi connectivity index (χ2v) is 8.41. The number of carbonyl (C=O) groups excluding carboxylic acids is 3. The molecule has 1 aromatic heterocycles. The Labute approximate surface area is 165 Å². The number of imide groups is 1. The molecule has 0 atom stereocenters. The quantitative estimate of drug-likeness (QED) is 0.640. The number of rotatable bonds is 3. The highest BCUT2D eigenvalue weighted by Gasteiger charge is 2.75. The first-order valence-corrected chi connectivity index (χ1v) is 9.49. The zero-order valence-corrected chi connectivity index (χ0v) is 15.6. The Bertz CT molecular complexity index is 1200. The summed E-state index contributed by atoms with van der Waals surface area (Å²) in [4.78, 5) is 47.4. The van der Waals surface area contributed by atoms with Crippen molar-refractivity contribution >= 4 is 28.9 Å². The van der Waals surface area contributed by atoms with Crippen LogP contribution >= 0.6 is 0 Å². The van der Waals surface area contributed by atoms with E-state index in [1.165, 1.54) is 0 Å². The van der Waals surface area contributed by atoms with E-state index in [0.717, 1.165) is 16.7 Å². The van der Waals surface area contributed by atoms with Crippen LogP contribution in [0.3, 0.4) is 0 Å². The second-order valence-electron chi connectivity index (χ2n) is 8.41. The van der Waals surface area contributed by atoms with Gasteiger partial charge in [0.15, 0.2) is 5.58 Å². The minimum absolute atomic E-state index is 0.251. The van der Waals surface area contributed by atoms with E-state index in [2.05, 4.69) is 4.98 Å². The van der Waals surface area contributed by atoms with Crippen LogP contribution in [0.15, 0.2) is 46.9 Å². The average molecular weight is 388 g/mol. The van der Waals surface area contributed by atoms with E-state index in [9.17, 15) is 14.4 Å². The molecular formula is C22H16N2O5. The standard InChI is InChI=1S/C22H16N2O5/c1-12-6-7-15-16(8-12)28-19(23-15)21-9-22(10-21,11-21)20(27)29-24-17(25)13-4-2-3-5-14(13)18(24)26/h2-8H,9-11H2,1H3. The van der Waals surface area contributed by atoms with Crippen molar-refractivity contribution in [1.29, 1.82) is 0 Å². The van der Waals surface area contributed by atoms with Gasteiger partial charge in [0.05, 0.1) is 22.0 Å². The third-order valence-corrected chi connectivity index (χ3v) is 6.39. The summed E-state index contributed by atoms with van der Waals surface area (Å²) in [7, 11) is 0. The third kappa shape index (κ3) is 2.02. The molecule has 0 saturated heterocycles. The molecular weight excluding hydrogens is 372 g/mol. The predicted octanol–water partition coefficient (Wildman–Crippen LogP) is 3.31. The number of amides is 2. The number of aromatic nitrogens is 1. The second kappa shape index (κ2) is 5.11. The van der Waals surface area contributed by atoms with E-state index in [1.54, 1.807) is 24.3 Å². The fourth-order valence-electron chi connectivity index (χ4n) is 4.92. The molecule has 4 aliphatic rings. The van der Waals surface area contributed by atoms with Gasteiger partial charge in [0.25, 0.3) is 11.8 Å². The highest BCUT2D eigenvalue weighted by molar-refractivity contribution is 6.21. The summed E-state index contributed by atoms with van der Waals surface area (Å²) in [6.07, 6.45) is 1.65. The first kappa shape index (κ1) is 16.5. The van der Waals surface area contributed by atoms with Crippen LogP contribution < -0.4 is 0 Å². The van der Waals surface area contributed by atoms with Gasteiger partial charge in [-0.3, -0.25) is 9.59 Å². The number of hydrogen-bond acceptors (Lipinski definition) is 6. The Morgan fingerprint density at radius 2 is 1.72 bits per heavy atom. The van der Waals surface area contributed by atoms with Crippen LogP contribution in [0, 0.1) is 12.3 Å². The van der Waals surface area contributed by atoms with Crippen molar-refractivity contribution in [3.8, 4) is 0 Å². The minimum atomic E-state index is -0.675. The van der Waals surface area contributed by atoms with Crippen molar-refractivity contribution in [3.63, 3.8) is 0 Å². The summed E-state index contributed by atoms with van der Waals surface area (Å²) in [5.41, 5.74) is 2.21. The lowest BCUT2D eigenvalue weighted by molar-refractivity contribution is -0.224. The predicted molar refractivity (Wildman–Crippen MR) is 99.7 cm³/mol. The maximum atomic E-state index is 12.8. The maximum Gasteiger partial charge on any atom is 0.339 e. The fraction of sp³-hybridized carbons (Fsp3) is 0.273. The fourth-order valence-corrected chi connectivity index (χ4v) is 4.92. The monoisotopic (exact) mass is 388 g/mol. The number of benzene rings is 2. The number of carbonyl (C=O) groups is 3. The number of nitrogens with zero attached hydrogens (tertiary/aromatic N) is 2. The van der Waals surface area contributed by atoms with E-state index in [1.807, 2.05) is 25.1 Å². The van der Waals surface area contributed by atoms with Crippen LogP contribution in [-0.4, -0.2) is 27.8 Å². The summed E-state index contributed by atoms with van der Waals surface area (Å²) >= 11 is 0. The van der Waals surface area contributed by atoms with Gasteiger partial charge >= 0.3 is 5.97 Å². The number of fused-ring (bicyclic) bond motifs is 2. The lowest BCUT2D eigenvalue weighted by Gasteiger charge is -2.66.